The van der Waals surface area contributed by atoms with Crippen molar-refractivity contribution < 1.29 is 13.2 Å². The van der Waals surface area contributed by atoms with E-state index in [-0.39, 0.29) is 5.75 Å². The van der Waals surface area contributed by atoms with Crippen molar-refractivity contribution in [2.45, 2.75) is 25.2 Å². The molecule has 0 saturated carbocycles. The SMILES string of the molecule is COc1ccc(CCS(=O)(=O)N2CCC(c3cccs3)CC2)cc1. The molecule has 24 heavy (non-hydrogen) atoms. The van der Waals surface area contributed by atoms with E-state index in [2.05, 4.69) is 17.5 Å². The average Bonchev–Trinajstić information content (AvgIpc) is 3.15. The monoisotopic (exact) mass is 365 g/mol. The molecule has 0 aliphatic carbocycles. The van der Waals surface area contributed by atoms with Crippen LogP contribution in [0, 0.1) is 0 Å². The Labute approximate surface area is 148 Å². The standard InChI is InChI=1S/C18H23NO3S2/c1-22-17-6-4-15(5-7-17)10-14-24(20,21)19-11-8-16(9-12-19)18-3-2-13-23-18/h2-7,13,16H,8-12,14H2,1H3. The molecule has 0 N–H and O–H groups in total. The second-order valence-electron chi connectivity index (χ2n) is 6.10. The molecule has 0 atom stereocenters. The Morgan fingerprint density at radius 3 is 2.46 bits per heavy atom. The van der Waals surface area contributed by atoms with Crippen LogP contribution < -0.4 is 4.74 Å². The van der Waals surface area contributed by atoms with Crippen LogP contribution in [0.1, 0.15) is 29.2 Å². The molecule has 1 aliphatic heterocycles. The van der Waals surface area contributed by atoms with Crippen molar-refractivity contribution in [2.75, 3.05) is 26.0 Å². The topological polar surface area (TPSA) is 46.6 Å². The number of ether oxygens (including phenoxy) is 1. The van der Waals surface area contributed by atoms with Crippen molar-refractivity contribution in [3.05, 3.63) is 52.2 Å². The van der Waals surface area contributed by atoms with Gasteiger partial charge in [0.1, 0.15) is 5.75 Å². The van der Waals surface area contributed by atoms with E-state index in [1.807, 2.05) is 24.3 Å². The summed E-state index contributed by atoms with van der Waals surface area (Å²) in [5, 5.41) is 2.09. The predicted molar refractivity (Wildman–Crippen MR) is 98.4 cm³/mol. The van der Waals surface area contributed by atoms with Crippen LogP contribution >= 0.6 is 11.3 Å². The molecule has 1 aromatic heterocycles. The summed E-state index contributed by atoms with van der Waals surface area (Å²) in [6.45, 7) is 1.26. The number of benzene rings is 1. The van der Waals surface area contributed by atoms with E-state index in [1.165, 1.54) is 4.88 Å². The zero-order valence-corrected chi connectivity index (χ0v) is 15.5. The van der Waals surface area contributed by atoms with Gasteiger partial charge in [-0.2, -0.15) is 0 Å². The summed E-state index contributed by atoms with van der Waals surface area (Å²) in [5.41, 5.74) is 1.02. The average molecular weight is 366 g/mol. The molecule has 0 radical (unpaired) electrons. The molecule has 1 aliphatic rings. The summed E-state index contributed by atoms with van der Waals surface area (Å²) in [5.74, 6) is 1.47. The van der Waals surface area contributed by atoms with Crippen LogP contribution in [0.25, 0.3) is 0 Å². The second-order valence-corrected chi connectivity index (χ2v) is 9.17. The predicted octanol–water partition coefficient (Wildman–Crippen LogP) is 3.51. The number of sulfonamides is 1. The van der Waals surface area contributed by atoms with Gasteiger partial charge >= 0.3 is 0 Å². The summed E-state index contributed by atoms with van der Waals surface area (Å²) < 4.78 is 32.0. The van der Waals surface area contributed by atoms with Crippen LogP contribution in [0.4, 0.5) is 0 Å². The minimum atomic E-state index is -3.18. The van der Waals surface area contributed by atoms with Gasteiger partial charge in [0.2, 0.25) is 10.0 Å². The lowest BCUT2D eigenvalue weighted by Crippen LogP contribution is -2.39. The van der Waals surface area contributed by atoms with Gasteiger partial charge < -0.3 is 4.74 Å². The van der Waals surface area contributed by atoms with Crippen molar-refractivity contribution in [3.63, 3.8) is 0 Å². The smallest absolute Gasteiger partial charge is 0.214 e. The molecule has 1 saturated heterocycles. The second kappa shape index (κ2) is 7.68. The third kappa shape index (κ3) is 4.18. The lowest BCUT2D eigenvalue weighted by molar-refractivity contribution is 0.321. The van der Waals surface area contributed by atoms with Gasteiger partial charge in [0.25, 0.3) is 0 Å². The molecule has 0 unspecified atom stereocenters. The first-order chi connectivity index (χ1) is 11.6. The molecule has 1 fully saturated rings. The molecule has 0 amide bonds. The Hall–Kier alpha value is -1.37. The van der Waals surface area contributed by atoms with Crippen molar-refractivity contribution in [1.82, 2.24) is 4.31 Å². The van der Waals surface area contributed by atoms with Gasteiger partial charge in [0.15, 0.2) is 0 Å². The summed E-state index contributed by atoms with van der Waals surface area (Å²) >= 11 is 1.77. The van der Waals surface area contributed by atoms with Crippen LogP contribution in [0.3, 0.4) is 0 Å². The van der Waals surface area contributed by atoms with Gasteiger partial charge in [-0.15, -0.1) is 11.3 Å². The highest BCUT2D eigenvalue weighted by molar-refractivity contribution is 7.89. The van der Waals surface area contributed by atoms with Gasteiger partial charge in [-0.1, -0.05) is 18.2 Å². The molecule has 6 heteroatoms. The van der Waals surface area contributed by atoms with Crippen molar-refractivity contribution >= 4 is 21.4 Å². The highest BCUT2D eigenvalue weighted by atomic mass is 32.2. The molecule has 4 nitrogen and oxygen atoms in total. The van der Waals surface area contributed by atoms with Gasteiger partial charge in [-0.3, -0.25) is 0 Å². The Balaban J connectivity index is 1.54. The van der Waals surface area contributed by atoms with E-state index in [1.54, 1.807) is 22.8 Å². The van der Waals surface area contributed by atoms with E-state index in [4.69, 9.17) is 4.74 Å². The van der Waals surface area contributed by atoms with Gasteiger partial charge in [-0.05, 0) is 54.3 Å². The number of nitrogens with zero attached hydrogens (tertiary/aromatic N) is 1. The number of hydrogen-bond acceptors (Lipinski definition) is 4. The summed E-state index contributed by atoms with van der Waals surface area (Å²) in [6.07, 6.45) is 2.38. The minimum Gasteiger partial charge on any atom is -0.497 e. The molecule has 130 valence electrons. The maximum atomic E-state index is 12.6. The number of aryl methyl sites for hydroxylation is 1. The Kier molecular flexibility index (Phi) is 5.58. The number of rotatable bonds is 6. The quantitative estimate of drug-likeness (QED) is 0.787. The Morgan fingerprint density at radius 1 is 1.17 bits per heavy atom. The molecule has 2 heterocycles. The van der Waals surface area contributed by atoms with E-state index in [0.29, 0.717) is 25.4 Å². The van der Waals surface area contributed by atoms with Crippen LogP contribution in [-0.2, 0) is 16.4 Å². The minimum absolute atomic E-state index is 0.170. The number of hydrogen-bond donors (Lipinski definition) is 0. The zero-order chi connectivity index (χ0) is 17.0. The van der Waals surface area contributed by atoms with Crippen LogP contribution in [-0.4, -0.2) is 38.7 Å². The molecule has 0 spiro atoms. The highest BCUT2D eigenvalue weighted by Crippen LogP contribution is 2.32. The lowest BCUT2D eigenvalue weighted by Gasteiger charge is -2.30. The van der Waals surface area contributed by atoms with E-state index < -0.39 is 10.0 Å². The number of methoxy groups -OCH3 is 1. The third-order valence-electron chi connectivity index (χ3n) is 4.60. The fraction of sp³-hybridized carbons (Fsp3) is 0.444. The molecular formula is C18H23NO3S2. The highest BCUT2D eigenvalue weighted by Gasteiger charge is 2.28. The Bertz CT molecular complexity index is 731. The summed E-state index contributed by atoms with van der Waals surface area (Å²) in [7, 11) is -1.56. The number of thiophene rings is 1. The van der Waals surface area contributed by atoms with E-state index >= 15 is 0 Å². The molecular weight excluding hydrogens is 342 g/mol. The van der Waals surface area contributed by atoms with Gasteiger partial charge in [0, 0.05) is 18.0 Å². The largest absolute Gasteiger partial charge is 0.497 e. The molecule has 3 rings (SSSR count). The van der Waals surface area contributed by atoms with Crippen molar-refractivity contribution in [2.24, 2.45) is 0 Å². The summed E-state index contributed by atoms with van der Waals surface area (Å²) in [6, 6.07) is 11.8. The van der Waals surface area contributed by atoms with E-state index in [9.17, 15) is 8.42 Å². The van der Waals surface area contributed by atoms with Crippen LogP contribution in [0.2, 0.25) is 0 Å². The first-order valence-corrected chi connectivity index (χ1v) is 10.7. The maximum Gasteiger partial charge on any atom is 0.214 e. The van der Waals surface area contributed by atoms with Crippen molar-refractivity contribution in [1.29, 1.82) is 0 Å². The third-order valence-corrected chi connectivity index (χ3v) is 7.51. The van der Waals surface area contributed by atoms with Gasteiger partial charge in [-0.25, -0.2) is 12.7 Å². The van der Waals surface area contributed by atoms with Crippen molar-refractivity contribution in [3.8, 4) is 5.75 Å². The first-order valence-electron chi connectivity index (χ1n) is 8.22. The van der Waals surface area contributed by atoms with Crippen LogP contribution in [0.5, 0.6) is 5.75 Å². The van der Waals surface area contributed by atoms with Crippen LogP contribution in [0.15, 0.2) is 41.8 Å². The fourth-order valence-electron chi connectivity index (χ4n) is 3.11. The maximum absolute atomic E-state index is 12.6. The molecule has 2 aromatic rings. The molecule has 1 aromatic carbocycles. The first kappa shape index (κ1) is 17.5. The normalized spacial score (nSPS) is 17.0. The lowest BCUT2D eigenvalue weighted by atomic mass is 9.97. The molecule has 0 bridgehead atoms. The fourth-order valence-corrected chi connectivity index (χ4v) is 5.53. The summed E-state index contributed by atoms with van der Waals surface area (Å²) in [4.78, 5) is 1.38. The zero-order valence-electron chi connectivity index (χ0n) is 13.8. The van der Waals surface area contributed by atoms with Gasteiger partial charge in [0.05, 0.1) is 12.9 Å². The Morgan fingerprint density at radius 2 is 1.88 bits per heavy atom. The number of piperidine rings is 1. The van der Waals surface area contributed by atoms with E-state index in [0.717, 1.165) is 24.2 Å².